The zero-order valence-corrected chi connectivity index (χ0v) is 14.2. The summed E-state index contributed by atoms with van der Waals surface area (Å²) < 4.78 is 0. The second-order valence-corrected chi connectivity index (χ2v) is 6.55. The Hall–Kier alpha value is -2.98. The summed E-state index contributed by atoms with van der Waals surface area (Å²) >= 11 is 1.68. The number of hydrogen-bond acceptors (Lipinski definition) is 4. The molecule has 0 bridgehead atoms. The van der Waals surface area contributed by atoms with Crippen LogP contribution in [0, 0.1) is 0 Å². The summed E-state index contributed by atoms with van der Waals surface area (Å²) in [4.78, 5) is 6.64. The second kappa shape index (κ2) is 7.28. The summed E-state index contributed by atoms with van der Waals surface area (Å²) in [5.74, 6) is 0. The van der Waals surface area contributed by atoms with E-state index in [0.29, 0.717) is 0 Å². The fraction of sp³-hybridized carbons (Fsp3) is 0. The summed E-state index contributed by atoms with van der Waals surface area (Å²) in [7, 11) is 0. The number of hydrogen-bond donors (Lipinski definition) is 0. The van der Waals surface area contributed by atoms with Gasteiger partial charge in [0, 0.05) is 21.6 Å². The fourth-order valence-electron chi connectivity index (χ4n) is 2.50. The van der Waals surface area contributed by atoms with Gasteiger partial charge in [-0.1, -0.05) is 66.4 Å². The van der Waals surface area contributed by atoms with Gasteiger partial charge in [-0.15, -0.1) is 10.2 Å². The highest BCUT2D eigenvalue weighted by Crippen LogP contribution is 2.35. The van der Waals surface area contributed by atoms with E-state index in [1.54, 1.807) is 18.0 Å². The largest absolute Gasteiger partial charge is 0.255 e. The van der Waals surface area contributed by atoms with Gasteiger partial charge in [0.15, 0.2) is 0 Å². The zero-order valence-electron chi connectivity index (χ0n) is 13.4. The summed E-state index contributed by atoms with van der Waals surface area (Å²) in [5, 5.41) is 8.91. The van der Waals surface area contributed by atoms with Crippen molar-refractivity contribution < 1.29 is 0 Å². The Bertz CT molecular complexity index is 958. The van der Waals surface area contributed by atoms with Crippen molar-refractivity contribution in [2.24, 2.45) is 0 Å². The average molecular weight is 341 g/mol. The van der Waals surface area contributed by atoms with Gasteiger partial charge in [0.25, 0.3) is 0 Å². The minimum Gasteiger partial charge on any atom is -0.255 e. The van der Waals surface area contributed by atoms with Crippen molar-refractivity contribution in [2.45, 2.75) is 9.79 Å². The van der Waals surface area contributed by atoms with Crippen LogP contribution in [0.3, 0.4) is 0 Å². The number of aromatic nitrogens is 3. The van der Waals surface area contributed by atoms with Crippen LogP contribution in [0.4, 0.5) is 0 Å². The summed E-state index contributed by atoms with van der Waals surface area (Å²) in [6.07, 6.45) is 1.78. The van der Waals surface area contributed by atoms with E-state index < -0.39 is 0 Å². The first-order valence-electron chi connectivity index (χ1n) is 7.97. The van der Waals surface area contributed by atoms with Crippen LogP contribution in [0.1, 0.15) is 0 Å². The molecule has 0 aliphatic rings. The van der Waals surface area contributed by atoms with E-state index in [0.717, 1.165) is 32.4 Å². The van der Waals surface area contributed by atoms with E-state index in [1.807, 2.05) is 66.7 Å². The third-order valence-corrected chi connectivity index (χ3v) is 4.75. The van der Waals surface area contributed by atoms with E-state index in [1.165, 1.54) is 0 Å². The van der Waals surface area contributed by atoms with Gasteiger partial charge in [-0.3, -0.25) is 4.98 Å². The van der Waals surface area contributed by atoms with Crippen molar-refractivity contribution >= 4 is 11.8 Å². The maximum Gasteiger partial charge on any atom is 0.125 e. The highest BCUT2D eigenvalue weighted by molar-refractivity contribution is 7.99. The number of benzene rings is 2. The molecule has 120 valence electrons. The Morgan fingerprint density at radius 1 is 0.640 bits per heavy atom. The van der Waals surface area contributed by atoms with Gasteiger partial charge in [-0.2, -0.15) is 0 Å². The SMILES string of the molecule is c1ccc(Sc2cc(-c3ccccc3)nnc2-c2ccccn2)cc1. The molecule has 0 aliphatic carbocycles. The third-order valence-electron chi connectivity index (χ3n) is 3.71. The Morgan fingerprint density at radius 2 is 1.36 bits per heavy atom. The first-order chi connectivity index (χ1) is 12.4. The molecule has 0 unspecified atom stereocenters. The Morgan fingerprint density at radius 3 is 2.08 bits per heavy atom. The van der Waals surface area contributed by atoms with Crippen molar-refractivity contribution in [1.82, 2.24) is 15.2 Å². The summed E-state index contributed by atoms with van der Waals surface area (Å²) in [6.45, 7) is 0. The predicted molar refractivity (Wildman–Crippen MR) is 101 cm³/mol. The molecule has 0 amide bonds. The summed E-state index contributed by atoms with van der Waals surface area (Å²) in [6, 6.07) is 28.3. The predicted octanol–water partition coefficient (Wildman–Crippen LogP) is 5.36. The van der Waals surface area contributed by atoms with Gasteiger partial charge in [-0.05, 0) is 30.3 Å². The number of rotatable bonds is 4. The lowest BCUT2D eigenvalue weighted by atomic mass is 10.1. The minimum absolute atomic E-state index is 0.800. The van der Waals surface area contributed by atoms with Crippen molar-refractivity contribution in [3.05, 3.63) is 91.1 Å². The van der Waals surface area contributed by atoms with Gasteiger partial charge in [-0.25, -0.2) is 0 Å². The Kier molecular flexibility index (Phi) is 4.53. The van der Waals surface area contributed by atoms with E-state index >= 15 is 0 Å². The maximum atomic E-state index is 4.49. The third kappa shape index (κ3) is 3.59. The molecule has 0 spiro atoms. The number of nitrogens with zero attached hydrogens (tertiary/aromatic N) is 3. The van der Waals surface area contributed by atoms with Gasteiger partial charge < -0.3 is 0 Å². The molecule has 4 rings (SSSR count). The second-order valence-electron chi connectivity index (χ2n) is 5.44. The normalized spacial score (nSPS) is 10.6. The molecule has 4 heteroatoms. The van der Waals surface area contributed by atoms with Crippen LogP contribution in [0.2, 0.25) is 0 Å². The van der Waals surface area contributed by atoms with E-state index in [2.05, 4.69) is 33.4 Å². The molecule has 0 saturated carbocycles. The summed E-state index contributed by atoms with van der Waals surface area (Å²) in [5.41, 5.74) is 3.54. The van der Waals surface area contributed by atoms with Crippen molar-refractivity contribution in [1.29, 1.82) is 0 Å². The van der Waals surface area contributed by atoms with E-state index in [-0.39, 0.29) is 0 Å². The minimum atomic E-state index is 0.800. The lowest BCUT2D eigenvalue weighted by molar-refractivity contribution is 1.00. The Balaban J connectivity index is 1.81. The molecule has 4 aromatic rings. The first kappa shape index (κ1) is 15.5. The lowest BCUT2D eigenvalue weighted by Gasteiger charge is -2.09. The molecule has 0 N–H and O–H groups in total. The van der Waals surface area contributed by atoms with Gasteiger partial charge in [0.05, 0.1) is 11.4 Å². The molecule has 25 heavy (non-hydrogen) atoms. The molecule has 2 heterocycles. The quantitative estimate of drug-likeness (QED) is 0.501. The first-order valence-corrected chi connectivity index (χ1v) is 8.79. The molecule has 0 radical (unpaired) electrons. The van der Waals surface area contributed by atoms with Gasteiger partial charge in [0.2, 0.25) is 0 Å². The van der Waals surface area contributed by atoms with Crippen LogP contribution in [0.15, 0.2) is 101 Å². The van der Waals surface area contributed by atoms with Crippen molar-refractivity contribution in [3.63, 3.8) is 0 Å². The van der Waals surface area contributed by atoms with Crippen LogP contribution < -0.4 is 0 Å². The van der Waals surface area contributed by atoms with Crippen LogP contribution in [0.5, 0.6) is 0 Å². The average Bonchev–Trinajstić information content (AvgIpc) is 2.70. The zero-order chi connectivity index (χ0) is 16.9. The highest BCUT2D eigenvalue weighted by atomic mass is 32.2. The lowest BCUT2D eigenvalue weighted by Crippen LogP contribution is -1.95. The van der Waals surface area contributed by atoms with Crippen LogP contribution in [-0.2, 0) is 0 Å². The smallest absolute Gasteiger partial charge is 0.125 e. The maximum absolute atomic E-state index is 4.49. The molecule has 0 aliphatic heterocycles. The standard InChI is InChI=1S/C21H15N3S/c1-3-9-16(10-4-1)19-15-20(25-17-11-5-2-6-12-17)21(24-23-19)18-13-7-8-14-22-18/h1-15H. The molecule has 2 aromatic carbocycles. The van der Waals surface area contributed by atoms with E-state index in [9.17, 15) is 0 Å². The van der Waals surface area contributed by atoms with Crippen molar-refractivity contribution in [3.8, 4) is 22.6 Å². The monoisotopic (exact) mass is 341 g/mol. The molecule has 2 aromatic heterocycles. The number of pyridine rings is 1. The fourth-order valence-corrected chi connectivity index (χ4v) is 3.46. The topological polar surface area (TPSA) is 38.7 Å². The molecule has 0 saturated heterocycles. The molecular formula is C21H15N3S. The van der Waals surface area contributed by atoms with Crippen LogP contribution >= 0.6 is 11.8 Å². The Labute approximate surface area is 150 Å². The molecule has 0 fully saturated rings. The van der Waals surface area contributed by atoms with Crippen LogP contribution in [0.25, 0.3) is 22.6 Å². The molecular weight excluding hydrogens is 326 g/mol. The van der Waals surface area contributed by atoms with Crippen LogP contribution in [-0.4, -0.2) is 15.2 Å². The molecule has 3 nitrogen and oxygen atoms in total. The van der Waals surface area contributed by atoms with E-state index in [4.69, 9.17) is 0 Å². The van der Waals surface area contributed by atoms with Crippen molar-refractivity contribution in [2.75, 3.05) is 0 Å². The highest BCUT2D eigenvalue weighted by Gasteiger charge is 2.13. The van der Waals surface area contributed by atoms with Gasteiger partial charge >= 0.3 is 0 Å². The van der Waals surface area contributed by atoms with Gasteiger partial charge in [0.1, 0.15) is 5.69 Å². The molecule has 0 atom stereocenters.